The Bertz CT molecular complexity index is 436. The van der Waals surface area contributed by atoms with Gasteiger partial charge >= 0.3 is 0 Å². The van der Waals surface area contributed by atoms with Gasteiger partial charge in [0.05, 0.1) is 19.6 Å². The molecule has 2 heterocycles. The lowest BCUT2D eigenvalue weighted by Crippen LogP contribution is -2.52. The number of nitrogens with zero attached hydrogens (tertiary/aromatic N) is 7. The molecule has 0 spiro atoms. The molecule has 1 aliphatic heterocycles. The summed E-state index contributed by atoms with van der Waals surface area (Å²) in [4.78, 5) is 5.92. The SMILES string of the molecule is CC(C(N)=NO)N1CCN(Cc2nnn(C)n2)CC1. The molecule has 0 amide bonds. The molecule has 1 aliphatic rings. The first-order chi connectivity index (χ1) is 9.10. The Morgan fingerprint density at radius 2 is 2.11 bits per heavy atom. The lowest BCUT2D eigenvalue weighted by atomic mass is 10.2. The number of oxime groups is 1. The summed E-state index contributed by atoms with van der Waals surface area (Å²) in [6.07, 6.45) is 0. The molecule has 9 nitrogen and oxygen atoms in total. The van der Waals surface area contributed by atoms with Gasteiger partial charge in [0.25, 0.3) is 0 Å². The highest BCUT2D eigenvalue weighted by atomic mass is 16.4. The molecule has 1 aromatic rings. The van der Waals surface area contributed by atoms with E-state index in [-0.39, 0.29) is 11.9 Å². The predicted molar refractivity (Wildman–Crippen MR) is 68.5 cm³/mol. The highest BCUT2D eigenvalue weighted by molar-refractivity contribution is 5.84. The zero-order valence-corrected chi connectivity index (χ0v) is 11.3. The van der Waals surface area contributed by atoms with E-state index in [0.717, 1.165) is 32.0 Å². The fourth-order valence-corrected chi connectivity index (χ4v) is 2.17. The van der Waals surface area contributed by atoms with E-state index in [4.69, 9.17) is 10.9 Å². The van der Waals surface area contributed by atoms with Gasteiger partial charge < -0.3 is 10.9 Å². The summed E-state index contributed by atoms with van der Waals surface area (Å²) in [5, 5.41) is 23.7. The number of hydrogen-bond donors (Lipinski definition) is 2. The highest BCUT2D eigenvalue weighted by Gasteiger charge is 2.24. The molecule has 0 aliphatic carbocycles. The van der Waals surface area contributed by atoms with E-state index in [1.807, 2.05) is 6.92 Å². The zero-order chi connectivity index (χ0) is 13.8. The summed E-state index contributed by atoms with van der Waals surface area (Å²) in [6.45, 7) is 6.20. The van der Waals surface area contributed by atoms with Crippen LogP contribution < -0.4 is 5.73 Å². The smallest absolute Gasteiger partial charge is 0.188 e. The molecule has 1 aromatic heterocycles. The first-order valence-corrected chi connectivity index (χ1v) is 6.27. The Balaban J connectivity index is 1.82. The van der Waals surface area contributed by atoms with Crippen LogP contribution in [0.25, 0.3) is 0 Å². The maximum atomic E-state index is 8.69. The largest absolute Gasteiger partial charge is 0.409 e. The summed E-state index contributed by atoms with van der Waals surface area (Å²) < 4.78 is 0. The van der Waals surface area contributed by atoms with Crippen molar-refractivity contribution in [1.29, 1.82) is 0 Å². The van der Waals surface area contributed by atoms with Crippen molar-refractivity contribution in [3.8, 4) is 0 Å². The summed E-state index contributed by atoms with van der Waals surface area (Å²) in [7, 11) is 1.76. The summed E-state index contributed by atoms with van der Waals surface area (Å²) in [5.74, 6) is 0.990. The molecule has 0 radical (unpaired) electrons. The molecule has 0 aromatic carbocycles. The van der Waals surface area contributed by atoms with Crippen LogP contribution in [-0.2, 0) is 13.6 Å². The molecule has 1 saturated heterocycles. The van der Waals surface area contributed by atoms with Gasteiger partial charge in [-0.15, -0.1) is 10.2 Å². The van der Waals surface area contributed by atoms with Crippen LogP contribution in [0.5, 0.6) is 0 Å². The molecule has 19 heavy (non-hydrogen) atoms. The molecule has 3 N–H and O–H groups in total. The summed E-state index contributed by atoms with van der Waals surface area (Å²) in [5.41, 5.74) is 5.62. The van der Waals surface area contributed by atoms with Crippen LogP contribution in [0.15, 0.2) is 5.16 Å². The Hall–Kier alpha value is -1.74. The van der Waals surface area contributed by atoms with Crippen LogP contribution in [0, 0.1) is 0 Å². The second-order valence-electron chi connectivity index (χ2n) is 4.71. The van der Waals surface area contributed by atoms with E-state index in [9.17, 15) is 0 Å². The standard InChI is InChI=1S/C10H20N8O/c1-8(10(11)14-19)18-5-3-17(4-6-18)7-9-12-15-16(2)13-9/h8,19H,3-7H2,1-2H3,(H2,11,14). The predicted octanol–water partition coefficient (Wildman–Crippen LogP) is -1.54. The van der Waals surface area contributed by atoms with Crippen LogP contribution in [0.2, 0.25) is 0 Å². The Morgan fingerprint density at radius 1 is 1.42 bits per heavy atom. The number of tetrazole rings is 1. The quantitative estimate of drug-likeness (QED) is 0.295. The van der Waals surface area contributed by atoms with Crippen LogP contribution >= 0.6 is 0 Å². The van der Waals surface area contributed by atoms with Crippen molar-refractivity contribution in [2.24, 2.45) is 17.9 Å². The van der Waals surface area contributed by atoms with Gasteiger partial charge in [0.15, 0.2) is 11.7 Å². The lowest BCUT2D eigenvalue weighted by Gasteiger charge is -2.36. The molecule has 1 fully saturated rings. The fraction of sp³-hybridized carbons (Fsp3) is 0.800. The van der Waals surface area contributed by atoms with E-state index in [0.29, 0.717) is 6.54 Å². The van der Waals surface area contributed by atoms with Crippen molar-refractivity contribution >= 4 is 5.84 Å². The van der Waals surface area contributed by atoms with Crippen molar-refractivity contribution in [2.75, 3.05) is 26.2 Å². The third kappa shape index (κ3) is 3.38. The van der Waals surface area contributed by atoms with Crippen LogP contribution in [-0.4, -0.2) is 73.3 Å². The van der Waals surface area contributed by atoms with Crippen LogP contribution in [0.4, 0.5) is 0 Å². The van der Waals surface area contributed by atoms with E-state index >= 15 is 0 Å². The average Bonchev–Trinajstić information content (AvgIpc) is 2.83. The van der Waals surface area contributed by atoms with E-state index in [2.05, 4.69) is 30.4 Å². The van der Waals surface area contributed by atoms with E-state index in [1.165, 1.54) is 4.80 Å². The first kappa shape index (κ1) is 13.7. The topological polar surface area (TPSA) is 109 Å². The minimum Gasteiger partial charge on any atom is -0.409 e. The minimum atomic E-state index is -0.0400. The van der Waals surface area contributed by atoms with E-state index in [1.54, 1.807) is 7.05 Å². The highest BCUT2D eigenvalue weighted by Crippen LogP contribution is 2.08. The monoisotopic (exact) mass is 268 g/mol. The Morgan fingerprint density at radius 3 is 2.63 bits per heavy atom. The van der Waals surface area contributed by atoms with Gasteiger partial charge in [0, 0.05) is 26.2 Å². The average molecular weight is 268 g/mol. The van der Waals surface area contributed by atoms with Gasteiger partial charge in [-0.1, -0.05) is 5.16 Å². The molecule has 9 heteroatoms. The number of nitrogens with two attached hydrogens (primary N) is 1. The number of amidine groups is 1. The van der Waals surface area contributed by atoms with Crippen LogP contribution in [0.1, 0.15) is 12.7 Å². The van der Waals surface area contributed by atoms with Gasteiger partial charge in [0.1, 0.15) is 0 Å². The maximum Gasteiger partial charge on any atom is 0.188 e. The number of rotatable bonds is 4. The van der Waals surface area contributed by atoms with Gasteiger partial charge in [-0.3, -0.25) is 9.80 Å². The Labute approximate surface area is 111 Å². The van der Waals surface area contributed by atoms with Gasteiger partial charge in [0.2, 0.25) is 0 Å². The lowest BCUT2D eigenvalue weighted by molar-refractivity contribution is 0.114. The van der Waals surface area contributed by atoms with Crippen molar-refractivity contribution in [1.82, 2.24) is 30.0 Å². The van der Waals surface area contributed by atoms with Gasteiger partial charge in [-0.05, 0) is 12.1 Å². The third-order valence-corrected chi connectivity index (χ3v) is 3.41. The molecular formula is C10H20N8O. The molecule has 2 rings (SSSR count). The summed E-state index contributed by atoms with van der Waals surface area (Å²) in [6, 6.07) is -0.0400. The summed E-state index contributed by atoms with van der Waals surface area (Å²) >= 11 is 0. The van der Waals surface area contributed by atoms with Crippen molar-refractivity contribution in [3.63, 3.8) is 0 Å². The number of aryl methyl sites for hydroxylation is 1. The van der Waals surface area contributed by atoms with Gasteiger partial charge in [-0.25, -0.2) is 0 Å². The fourth-order valence-electron chi connectivity index (χ4n) is 2.17. The molecule has 0 saturated carbocycles. The third-order valence-electron chi connectivity index (χ3n) is 3.41. The number of piperazine rings is 1. The van der Waals surface area contributed by atoms with Gasteiger partial charge in [-0.2, -0.15) is 4.80 Å². The minimum absolute atomic E-state index is 0.0400. The van der Waals surface area contributed by atoms with Crippen molar-refractivity contribution in [3.05, 3.63) is 5.82 Å². The molecule has 106 valence electrons. The Kier molecular flexibility index (Phi) is 4.27. The van der Waals surface area contributed by atoms with Crippen molar-refractivity contribution in [2.45, 2.75) is 19.5 Å². The molecular weight excluding hydrogens is 248 g/mol. The zero-order valence-electron chi connectivity index (χ0n) is 11.3. The number of hydrogen-bond acceptors (Lipinski definition) is 7. The first-order valence-electron chi connectivity index (χ1n) is 6.27. The second kappa shape index (κ2) is 5.93. The second-order valence-corrected chi connectivity index (χ2v) is 4.71. The maximum absolute atomic E-state index is 8.69. The molecule has 1 atom stereocenters. The molecule has 0 bridgehead atoms. The number of aromatic nitrogens is 4. The van der Waals surface area contributed by atoms with Crippen LogP contribution in [0.3, 0.4) is 0 Å². The van der Waals surface area contributed by atoms with E-state index < -0.39 is 0 Å². The van der Waals surface area contributed by atoms with Crippen molar-refractivity contribution < 1.29 is 5.21 Å². The molecule has 1 unspecified atom stereocenters. The normalized spacial score (nSPS) is 20.6.